The van der Waals surface area contributed by atoms with E-state index in [1.54, 1.807) is 0 Å². The molecule has 90 valence electrons. The molecule has 0 bridgehead atoms. The van der Waals surface area contributed by atoms with E-state index in [-0.39, 0.29) is 12.1 Å². The second-order valence-electron chi connectivity index (χ2n) is 4.70. The van der Waals surface area contributed by atoms with Gasteiger partial charge in [-0.2, -0.15) is 0 Å². The van der Waals surface area contributed by atoms with Crippen LogP contribution in [0.15, 0.2) is 36.4 Å². The molecule has 0 saturated carbocycles. The van der Waals surface area contributed by atoms with Gasteiger partial charge in [0.2, 0.25) is 0 Å². The van der Waals surface area contributed by atoms with Gasteiger partial charge in [0, 0.05) is 0 Å². The number of hydrogen-bond acceptors (Lipinski definition) is 2. The lowest BCUT2D eigenvalue weighted by Crippen LogP contribution is -2.24. The van der Waals surface area contributed by atoms with E-state index in [0.29, 0.717) is 0 Å². The lowest BCUT2D eigenvalue weighted by atomic mass is 9.93. The predicted octanol–water partition coefficient (Wildman–Crippen LogP) is 3.43. The zero-order valence-electron chi connectivity index (χ0n) is 10.6. The Bertz CT molecular complexity index is 445. The van der Waals surface area contributed by atoms with Gasteiger partial charge in [-0.05, 0) is 31.4 Å². The molecular weight excluding hydrogens is 212 g/mol. The van der Waals surface area contributed by atoms with E-state index in [4.69, 9.17) is 4.74 Å². The average molecular weight is 230 g/mol. The lowest BCUT2D eigenvalue weighted by molar-refractivity contribution is -0.152. The molecule has 0 radical (unpaired) electrons. The first-order valence-electron chi connectivity index (χ1n) is 6.10. The Morgan fingerprint density at radius 1 is 1.29 bits per heavy atom. The van der Waals surface area contributed by atoms with Crippen LogP contribution in [0.25, 0.3) is 5.57 Å². The fraction of sp³-hybridized carbons (Fsp3) is 0.400. The molecule has 1 aliphatic carbocycles. The highest BCUT2D eigenvalue weighted by atomic mass is 16.5. The molecule has 1 atom stereocenters. The Hall–Kier alpha value is -1.57. The number of esters is 1. The maximum absolute atomic E-state index is 12.1. The van der Waals surface area contributed by atoms with E-state index in [2.05, 4.69) is 0 Å². The molecule has 0 amide bonds. The van der Waals surface area contributed by atoms with Crippen molar-refractivity contribution in [2.24, 2.45) is 5.41 Å². The third kappa shape index (κ3) is 2.12. The van der Waals surface area contributed by atoms with Crippen molar-refractivity contribution < 1.29 is 9.53 Å². The quantitative estimate of drug-likeness (QED) is 0.741. The first-order valence-corrected chi connectivity index (χ1v) is 6.10. The van der Waals surface area contributed by atoms with E-state index in [9.17, 15) is 4.79 Å². The second kappa shape index (κ2) is 4.36. The molecule has 0 heterocycles. The second-order valence-corrected chi connectivity index (χ2v) is 4.70. The maximum Gasteiger partial charge on any atom is 0.320 e. The average Bonchev–Trinajstić information content (AvgIpc) is 3.05. The SMILES string of the molecule is CC[C@@]1(C(=O)OC(C)C)C=C1c1ccccc1. The van der Waals surface area contributed by atoms with Crippen molar-refractivity contribution >= 4 is 11.5 Å². The summed E-state index contributed by atoms with van der Waals surface area (Å²) in [7, 11) is 0. The fourth-order valence-corrected chi connectivity index (χ4v) is 2.09. The highest BCUT2D eigenvalue weighted by Gasteiger charge is 2.51. The van der Waals surface area contributed by atoms with Crippen LogP contribution in [0.4, 0.5) is 0 Å². The zero-order chi connectivity index (χ0) is 12.5. The molecule has 0 unspecified atom stereocenters. The van der Waals surface area contributed by atoms with Crippen LogP contribution in [0.3, 0.4) is 0 Å². The number of carbonyl (C=O) groups is 1. The van der Waals surface area contributed by atoms with Crippen molar-refractivity contribution in [2.75, 3.05) is 0 Å². The number of hydrogen-bond donors (Lipinski definition) is 0. The minimum Gasteiger partial charge on any atom is -0.462 e. The summed E-state index contributed by atoms with van der Waals surface area (Å²) in [6.07, 6.45) is 2.73. The molecule has 0 spiro atoms. The van der Waals surface area contributed by atoms with E-state index < -0.39 is 5.41 Å². The van der Waals surface area contributed by atoms with Gasteiger partial charge in [-0.3, -0.25) is 4.79 Å². The summed E-state index contributed by atoms with van der Waals surface area (Å²) < 4.78 is 5.33. The molecule has 1 aromatic rings. The minimum atomic E-state index is -0.467. The molecule has 2 rings (SSSR count). The van der Waals surface area contributed by atoms with E-state index in [1.165, 1.54) is 0 Å². The third-order valence-corrected chi connectivity index (χ3v) is 3.14. The molecule has 0 saturated heterocycles. The van der Waals surface area contributed by atoms with E-state index in [0.717, 1.165) is 17.6 Å². The molecule has 17 heavy (non-hydrogen) atoms. The summed E-state index contributed by atoms with van der Waals surface area (Å²) >= 11 is 0. The summed E-state index contributed by atoms with van der Waals surface area (Å²) in [5.41, 5.74) is 1.76. The number of rotatable bonds is 4. The van der Waals surface area contributed by atoms with E-state index in [1.807, 2.05) is 57.2 Å². The van der Waals surface area contributed by atoms with Crippen LogP contribution in [0.5, 0.6) is 0 Å². The van der Waals surface area contributed by atoms with Gasteiger partial charge in [0.1, 0.15) is 5.41 Å². The van der Waals surface area contributed by atoms with Crippen LogP contribution in [0, 0.1) is 5.41 Å². The minimum absolute atomic E-state index is 0.0584. The first-order chi connectivity index (χ1) is 8.10. The van der Waals surface area contributed by atoms with Crippen molar-refractivity contribution in [1.29, 1.82) is 0 Å². The standard InChI is InChI=1S/C15H18O2/c1-4-15(14(16)17-11(2)3)10-13(15)12-8-6-5-7-9-12/h5-11H,4H2,1-3H3/t15-/m1/s1. The molecule has 1 aliphatic rings. The van der Waals surface area contributed by atoms with Crippen LogP contribution in [-0.2, 0) is 9.53 Å². The molecular formula is C15H18O2. The van der Waals surface area contributed by atoms with Gasteiger partial charge in [0.05, 0.1) is 6.10 Å². The monoisotopic (exact) mass is 230 g/mol. The highest BCUT2D eigenvalue weighted by molar-refractivity contribution is 6.05. The Morgan fingerprint density at radius 2 is 1.94 bits per heavy atom. The third-order valence-electron chi connectivity index (χ3n) is 3.14. The molecule has 0 aromatic heterocycles. The lowest BCUT2D eigenvalue weighted by Gasteiger charge is -2.17. The Kier molecular flexibility index (Phi) is 3.05. The van der Waals surface area contributed by atoms with Crippen molar-refractivity contribution in [1.82, 2.24) is 0 Å². The Labute approximate surface area is 102 Å². The van der Waals surface area contributed by atoms with Gasteiger partial charge < -0.3 is 4.74 Å². The molecule has 2 heteroatoms. The largest absolute Gasteiger partial charge is 0.462 e. The molecule has 1 aromatic carbocycles. The van der Waals surface area contributed by atoms with Gasteiger partial charge >= 0.3 is 5.97 Å². The van der Waals surface area contributed by atoms with Crippen LogP contribution in [0.1, 0.15) is 32.8 Å². The number of benzene rings is 1. The number of ether oxygens (including phenoxy) is 1. The summed E-state index contributed by atoms with van der Waals surface area (Å²) in [6, 6.07) is 10.0. The van der Waals surface area contributed by atoms with Gasteiger partial charge in [0.15, 0.2) is 0 Å². The summed E-state index contributed by atoms with van der Waals surface area (Å²) in [6.45, 7) is 5.78. The maximum atomic E-state index is 12.1. The Balaban J connectivity index is 2.15. The summed E-state index contributed by atoms with van der Waals surface area (Å²) in [5, 5.41) is 0. The summed E-state index contributed by atoms with van der Waals surface area (Å²) in [4.78, 5) is 12.1. The number of carbonyl (C=O) groups excluding carboxylic acids is 1. The predicted molar refractivity (Wildman–Crippen MR) is 68.4 cm³/mol. The molecule has 2 nitrogen and oxygen atoms in total. The normalized spacial score (nSPS) is 22.2. The fourth-order valence-electron chi connectivity index (χ4n) is 2.09. The smallest absolute Gasteiger partial charge is 0.320 e. The van der Waals surface area contributed by atoms with Gasteiger partial charge in [0.25, 0.3) is 0 Å². The van der Waals surface area contributed by atoms with Crippen LogP contribution in [0.2, 0.25) is 0 Å². The molecule has 0 N–H and O–H groups in total. The molecule has 0 aliphatic heterocycles. The van der Waals surface area contributed by atoms with Crippen molar-refractivity contribution in [3.63, 3.8) is 0 Å². The topological polar surface area (TPSA) is 26.3 Å². The highest BCUT2D eigenvalue weighted by Crippen LogP contribution is 2.54. The van der Waals surface area contributed by atoms with Crippen molar-refractivity contribution in [3.8, 4) is 0 Å². The van der Waals surface area contributed by atoms with Crippen molar-refractivity contribution in [3.05, 3.63) is 42.0 Å². The van der Waals surface area contributed by atoms with Crippen LogP contribution in [-0.4, -0.2) is 12.1 Å². The summed E-state index contributed by atoms with van der Waals surface area (Å²) in [5.74, 6) is -0.117. The zero-order valence-corrected chi connectivity index (χ0v) is 10.6. The van der Waals surface area contributed by atoms with Crippen LogP contribution < -0.4 is 0 Å². The van der Waals surface area contributed by atoms with E-state index >= 15 is 0 Å². The Morgan fingerprint density at radius 3 is 2.47 bits per heavy atom. The molecule has 0 fully saturated rings. The first kappa shape index (κ1) is 11.9. The van der Waals surface area contributed by atoms with Gasteiger partial charge in [-0.15, -0.1) is 0 Å². The van der Waals surface area contributed by atoms with Crippen LogP contribution >= 0.6 is 0 Å². The van der Waals surface area contributed by atoms with Gasteiger partial charge in [-0.25, -0.2) is 0 Å². The van der Waals surface area contributed by atoms with Crippen molar-refractivity contribution in [2.45, 2.75) is 33.3 Å². The van der Waals surface area contributed by atoms with Gasteiger partial charge in [-0.1, -0.05) is 43.3 Å².